The quantitative estimate of drug-likeness (QED) is 0.279. The molecule has 3 aromatic rings. The Kier molecular flexibility index (Phi) is 4.87. The maximum Gasteiger partial charge on any atom is 0.314 e. The highest BCUT2D eigenvalue weighted by Gasteiger charge is 2.29. The predicted octanol–water partition coefficient (Wildman–Crippen LogP) is 4.21. The van der Waals surface area contributed by atoms with Crippen LogP contribution in [0.1, 0.15) is 12.8 Å². The van der Waals surface area contributed by atoms with Crippen LogP contribution in [0.5, 0.6) is 5.75 Å². The van der Waals surface area contributed by atoms with Gasteiger partial charge in [-0.05, 0) is 31.0 Å². The normalized spacial score (nSPS) is 15.0. The van der Waals surface area contributed by atoms with Crippen LogP contribution in [0.3, 0.4) is 0 Å². The molecule has 1 aliphatic heterocycles. The molecule has 28 heavy (non-hydrogen) atoms. The van der Waals surface area contributed by atoms with Gasteiger partial charge < -0.3 is 14.1 Å². The number of fused-ring (bicyclic) bond motifs is 1. The number of nitrogens with zero attached hydrogens (tertiary/aromatic N) is 3. The molecule has 0 N–H and O–H groups in total. The van der Waals surface area contributed by atoms with Crippen molar-refractivity contribution in [3.05, 3.63) is 57.6 Å². The molecule has 1 saturated heterocycles. The molecular weight excluding hydrogens is 386 g/mol. The van der Waals surface area contributed by atoms with Crippen molar-refractivity contribution < 1.29 is 18.9 Å². The highest BCUT2D eigenvalue weighted by molar-refractivity contribution is 6.32. The van der Waals surface area contributed by atoms with Gasteiger partial charge in [-0.2, -0.15) is 4.98 Å². The van der Waals surface area contributed by atoms with Gasteiger partial charge in [0.15, 0.2) is 5.58 Å². The van der Waals surface area contributed by atoms with Crippen molar-refractivity contribution in [2.75, 3.05) is 18.0 Å². The van der Waals surface area contributed by atoms with Crippen LogP contribution in [-0.4, -0.2) is 29.0 Å². The molecule has 0 amide bonds. The summed E-state index contributed by atoms with van der Waals surface area (Å²) < 4.78 is 11.1. The van der Waals surface area contributed by atoms with Gasteiger partial charge in [0.25, 0.3) is 11.7 Å². The van der Waals surface area contributed by atoms with Gasteiger partial charge in [-0.1, -0.05) is 23.7 Å². The summed E-state index contributed by atoms with van der Waals surface area (Å²) >= 11 is 5.99. The molecule has 2 aromatic carbocycles. The van der Waals surface area contributed by atoms with Gasteiger partial charge in [-0.15, -0.1) is 0 Å². The average Bonchev–Trinajstić information content (AvgIpc) is 3.13. The SMILES string of the molecule is O=C(Oc1ccc([N+](=O)[O-])cc1Cl)C1CCN(c2nc3ccccc3o2)CC1. The molecule has 4 rings (SSSR count). The number of ether oxygens (including phenoxy) is 1. The maximum atomic E-state index is 12.5. The number of benzene rings is 2. The van der Waals surface area contributed by atoms with Crippen LogP contribution in [0.2, 0.25) is 5.02 Å². The number of aromatic nitrogens is 1. The van der Waals surface area contributed by atoms with Crippen LogP contribution in [0.25, 0.3) is 11.1 Å². The number of hydrogen-bond acceptors (Lipinski definition) is 7. The molecule has 0 aliphatic carbocycles. The van der Waals surface area contributed by atoms with Crippen molar-refractivity contribution in [2.45, 2.75) is 12.8 Å². The summed E-state index contributed by atoms with van der Waals surface area (Å²) in [4.78, 5) is 29.1. The Morgan fingerprint density at radius 3 is 2.68 bits per heavy atom. The number of oxazole rings is 1. The van der Waals surface area contributed by atoms with Gasteiger partial charge >= 0.3 is 5.97 Å². The largest absolute Gasteiger partial charge is 0.425 e. The van der Waals surface area contributed by atoms with E-state index < -0.39 is 10.9 Å². The van der Waals surface area contributed by atoms with E-state index >= 15 is 0 Å². The molecule has 8 nitrogen and oxygen atoms in total. The van der Waals surface area contributed by atoms with Crippen molar-refractivity contribution >= 4 is 40.4 Å². The number of hydrogen-bond donors (Lipinski definition) is 0. The van der Waals surface area contributed by atoms with E-state index in [4.69, 9.17) is 20.8 Å². The Labute approximate surface area is 164 Å². The number of carbonyl (C=O) groups excluding carboxylic acids is 1. The van der Waals surface area contributed by atoms with Crippen molar-refractivity contribution in [3.8, 4) is 5.75 Å². The lowest BCUT2D eigenvalue weighted by Gasteiger charge is -2.29. The smallest absolute Gasteiger partial charge is 0.314 e. The van der Waals surface area contributed by atoms with Crippen LogP contribution in [0.15, 0.2) is 46.9 Å². The molecule has 0 atom stereocenters. The molecule has 0 radical (unpaired) electrons. The van der Waals surface area contributed by atoms with Gasteiger partial charge in [0.2, 0.25) is 0 Å². The Morgan fingerprint density at radius 1 is 1.25 bits per heavy atom. The highest BCUT2D eigenvalue weighted by Crippen LogP contribution is 2.31. The molecule has 1 fully saturated rings. The molecule has 2 heterocycles. The number of anilines is 1. The number of nitro groups is 1. The Balaban J connectivity index is 1.38. The molecule has 9 heteroatoms. The summed E-state index contributed by atoms with van der Waals surface area (Å²) in [5.74, 6) is -0.557. The monoisotopic (exact) mass is 401 g/mol. The van der Waals surface area contributed by atoms with Crippen LogP contribution in [-0.2, 0) is 4.79 Å². The molecular formula is C19H16ClN3O5. The van der Waals surface area contributed by atoms with Crippen LogP contribution < -0.4 is 9.64 Å². The van der Waals surface area contributed by atoms with Gasteiger partial charge in [-0.25, -0.2) is 0 Å². The third-order valence-electron chi connectivity index (χ3n) is 4.72. The second-order valence-electron chi connectivity index (χ2n) is 6.52. The van der Waals surface area contributed by atoms with E-state index in [-0.39, 0.29) is 22.4 Å². The van der Waals surface area contributed by atoms with Gasteiger partial charge in [0.1, 0.15) is 11.3 Å². The molecule has 1 aliphatic rings. The van der Waals surface area contributed by atoms with E-state index in [1.54, 1.807) is 0 Å². The van der Waals surface area contributed by atoms with E-state index in [0.717, 1.165) is 11.1 Å². The number of rotatable bonds is 4. The van der Waals surface area contributed by atoms with Crippen molar-refractivity contribution in [1.82, 2.24) is 4.98 Å². The van der Waals surface area contributed by atoms with E-state index in [0.29, 0.717) is 31.9 Å². The molecule has 0 spiro atoms. The second kappa shape index (κ2) is 7.47. The Bertz CT molecular complexity index is 1010. The molecule has 144 valence electrons. The predicted molar refractivity (Wildman–Crippen MR) is 103 cm³/mol. The Hall–Kier alpha value is -3.13. The van der Waals surface area contributed by atoms with Crippen LogP contribution in [0.4, 0.5) is 11.7 Å². The summed E-state index contributed by atoms with van der Waals surface area (Å²) in [6.07, 6.45) is 1.17. The first-order chi connectivity index (χ1) is 13.5. The lowest BCUT2D eigenvalue weighted by molar-refractivity contribution is -0.384. The summed E-state index contributed by atoms with van der Waals surface area (Å²) in [5, 5.41) is 10.8. The number of carbonyl (C=O) groups is 1. The molecule has 0 bridgehead atoms. The number of halogens is 1. The number of nitro benzene ring substituents is 1. The van der Waals surface area contributed by atoms with Crippen molar-refractivity contribution in [1.29, 1.82) is 0 Å². The first-order valence-corrected chi connectivity index (χ1v) is 9.15. The molecule has 0 unspecified atom stereocenters. The zero-order valence-corrected chi connectivity index (χ0v) is 15.5. The third kappa shape index (κ3) is 3.63. The summed E-state index contributed by atoms with van der Waals surface area (Å²) in [6, 6.07) is 11.9. The number of esters is 1. The fraction of sp³-hybridized carbons (Fsp3) is 0.263. The zero-order chi connectivity index (χ0) is 19.7. The number of para-hydroxylation sites is 2. The fourth-order valence-electron chi connectivity index (χ4n) is 3.18. The zero-order valence-electron chi connectivity index (χ0n) is 14.7. The first-order valence-electron chi connectivity index (χ1n) is 8.77. The standard InChI is InChI=1S/C19H16ClN3O5/c20-14-11-13(23(25)26)5-6-16(14)27-18(24)12-7-9-22(10-8-12)19-21-15-3-1-2-4-17(15)28-19/h1-6,11-12H,7-10H2. The number of piperidine rings is 1. The average molecular weight is 402 g/mol. The maximum absolute atomic E-state index is 12.5. The fourth-order valence-corrected chi connectivity index (χ4v) is 3.39. The van der Waals surface area contributed by atoms with E-state index in [1.165, 1.54) is 18.2 Å². The minimum absolute atomic E-state index is 0.0338. The lowest BCUT2D eigenvalue weighted by atomic mass is 9.97. The van der Waals surface area contributed by atoms with Gasteiger partial charge in [0.05, 0.1) is 15.9 Å². The van der Waals surface area contributed by atoms with E-state index in [2.05, 4.69) is 4.98 Å². The topological polar surface area (TPSA) is 98.7 Å². The summed E-state index contributed by atoms with van der Waals surface area (Å²) in [5.41, 5.74) is 1.37. The van der Waals surface area contributed by atoms with Crippen molar-refractivity contribution in [2.24, 2.45) is 5.92 Å². The van der Waals surface area contributed by atoms with Gasteiger partial charge in [-0.3, -0.25) is 14.9 Å². The minimum Gasteiger partial charge on any atom is -0.425 e. The highest BCUT2D eigenvalue weighted by atomic mass is 35.5. The molecule has 0 saturated carbocycles. The summed E-state index contributed by atoms with van der Waals surface area (Å²) in [6.45, 7) is 1.22. The number of non-ortho nitro benzene ring substituents is 1. The summed E-state index contributed by atoms with van der Waals surface area (Å²) in [7, 11) is 0. The van der Waals surface area contributed by atoms with E-state index in [1.807, 2.05) is 29.2 Å². The van der Waals surface area contributed by atoms with Gasteiger partial charge in [0, 0.05) is 25.2 Å². The third-order valence-corrected chi connectivity index (χ3v) is 5.01. The van der Waals surface area contributed by atoms with Crippen LogP contribution >= 0.6 is 11.6 Å². The van der Waals surface area contributed by atoms with Crippen molar-refractivity contribution in [3.63, 3.8) is 0 Å². The van der Waals surface area contributed by atoms with Crippen LogP contribution in [0, 0.1) is 16.0 Å². The van der Waals surface area contributed by atoms with E-state index in [9.17, 15) is 14.9 Å². The molecule has 1 aromatic heterocycles. The Morgan fingerprint density at radius 2 is 2.00 bits per heavy atom. The minimum atomic E-state index is -0.556. The lowest BCUT2D eigenvalue weighted by Crippen LogP contribution is -2.37. The second-order valence-corrected chi connectivity index (χ2v) is 6.93. The first kappa shape index (κ1) is 18.2.